The van der Waals surface area contributed by atoms with Gasteiger partial charge in [-0.2, -0.15) is 5.10 Å². The second-order valence-electron chi connectivity index (χ2n) is 5.34. The molecule has 2 aromatic rings. The number of nitrogens with zero attached hydrogens (tertiary/aromatic N) is 2. The highest BCUT2D eigenvalue weighted by Gasteiger charge is 2.23. The van der Waals surface area contributed by atoms with Crippen molar-refractivity contribution in [3.05, 3.63) is 47.3 Å². The largest absolute Gasteiger partial charge is 0.492 e. The smallest absolute Gasteiger partial charge is 0.274 e. The molecule has 1 aliphatic rings. The molecule has 0 atom stereocenters. The Labute approximate surface area is 129 Å². The fourth-order valence-electron chi connectivity index (χ4n) is 2.52. The molecule has 0 spiro atoms. The van der Waals surface area contributed by atoms with Gasteiger partial charge in [0.1, 0.15) is 12.4 Å². The quantitative estimate of drug-likeness (QED) is 0.870. The maximum Gasteiger partial charge on any atom is 0.274 e. The lowest BCUT2D eigenvalue weighted by Crippen LogP contribution is -2.32. The standard InChI is InChI=1S/C16H20N4O2/c1-20(9-10-22-12-5-3-2-4-6-12)16(21)15-13-7-8-17-11-14(13)18-19-15/h2-6,17H,7-11H2,1H3,(H,18,19). The molecule has 0 radical (unpaired) electrons. The van der Waals surface area contributed by atoms with Crippen LogP contribution in [0.1, 0.15) is 21.7 Å². The lowest BCUT2D eigenvalue weighted by atomic mass is 10.1. The van der Waals surface area contributed by atoms with E-state index in [9.17, 15) is 4.79 Å². The summed E-state index contributed by atoms with van der Waals surface area (Å²) in [6.07, 6.45) is 0.835. The minimum atomic E-state index is -0.0592. The second-order valence-corrected chi connectivity index (χ2v) is 5.34. The fraction of sp³-hybridized carbons (Fsp3) is 0.375. The number of hydrogen-bond donors (Lipinski definition) is 2. The number of nitrogens with one attached hydrogen (secondary N) is 2. The van der Waals surface area contributed by atoms with Crippen LogP contribution in [0.15, 0.2) is 30.3 Å². The third kappa shape index (κ3) is 3.12. The van der Waals surface area contributed by atoms with Gasteiger partial charge < -0.3 is 15.0 Å². The van der Waals surface area contributed by atoms with Crippen LogP contribution < -0.4 is 10.1 Å². The van der Waals surface area contributed by atoms with Crippen LogP contribution in [0.3, 0.4) is 0 Å². The van der Waals surface area contributed by atoms with E-state index in [0.717, 1.165) is 36.5 Å². The first-order valence-electron chi connectivity index (χ1n) is 7.46. The van der Waals surface area contributed by atoms with Gasteiger partial charge in [0, 0.05) is 19.2 Å². The first kappa shape index (κ1) is 14.6. The molecule has 1 aromatic carbocycles. The van der Waals surface area contributed by atoms with Crippen LogP contribution in [0.25, 0.3) is 0 Å². The van der Waals surface area contributed by atoms with E-state index in [0.29, 0.717) is 18.8 Å². The minimum absolute atomic E-state index is 0.0592. The highest BCUT2D eigenvalue weighted by molar-refractivity contribution is 5.93. The number of carbonyl (C=O) groups excluding carboxylic acids is 1. The van der Waals surface area contributed by atoms with Crippen molar-refractivity contribution in [1.29, 1.82) is 0 Å². The van der Waals surface area contributed by atoms with E-state index in [1.807, 2.05) is 30.3 Å². The number of hydrogen-bond acceptors (Lipinski definition) is 4. The lowest BCUT2D eigenvalue weighted by Gasteiger charge is -2.18. The molecule has 1 aliphatic heterocycles. The highest BCUT2D eigenvalue weighted by atomic mass is 16.5. The van der Waals surface area contributed by atoms with E-state index in [1.165, 1.54) is 0 Å². The van der Waals surface area contributed by atoms with Crippen LogP contribution in [0.4, 0.5) is 0 Å². The van der Waals surface area contributed by atoms with E-state index in [2.05, 4.69) is 15.5 Å². The Morgan fingerprint density at radius 2 is 2.18 bits per heavy atom. The molecule has 3 rings (SSSR count). The van der Waals surface area contributed by atoms with Crippen LogP contribution >= 0.6 is 0 Å². The first-order chi connectivity index (χ1) is 10.8. The molecule has 6 heteroatoms. The van der Waals surface area contributed by atoms with Gasteiger partial charge in [0.05, 0.1) is 12.2 Å². The van der Waals surface area contributed by atoms with Gasteiger partial charge >= 0.3 is 0 Å². The third-order valence-corrected chi connectivity index (χ3v) is 3.79. The summed E-state index contributed by atoms with van der Waals surface area (Å²) < 4.78 is 5.62. The van der Waals surface area contributed by atoms with Gasteiger partial charge in [-0.25, -0.2) is 0 Å². The summed E-state index contributed by atoms with van der Waals surface area (Å²) >= 11 is 0. The highest BCUT2D eigenvalue weighted by Crippen LogP contribution is 2.16. The number of fused-ring (bicyclic) bond motifs is 1. The zero-order chi connectivity index (χ0) is 15.4. The Bertz CT molecular complexity index is 639. The monoisotopic (exact) mass is 300 g/mol. The van der Waals surface area contributed by atoms with Crippen molar-refractivity contribution in [2.75, 3.05) is 26.7 Å². The van der Waals surface area contributed by atoms with Gasteiger partial charge in [-0.3, -0.25) is 9.89 Å². The molecule has 0 saturated heterocycles. The molecule has 0 aliphatic carbocycles. The average molecular weight is 300 g/mol. The lowest BCUT2D eigenvalue weighted by molar-refractivity contribution is 0.0767. The third-order valence-electron chi connectivity index (χ3n) is 3.79. The topological polar surface area (TPSA) is 70.2 Å². The fourth-order valence-corrected chi connectivity index (χ4v) is 2.52. The summed E-state index contributed by atoms with van der Waals surface area (Å²) in [6, 6.07) is 9.60. The first-order valence-corrected chi connectivity index (χ1v) is 7.46. The summed E-state index contributed by atoms with van der Waals surface area (Å²) in [4.78, 5) is 14.1. The molecule has 1 aromatic heterocycles. The second kappa shape index (κ2) is 6.62. The van der Waals surface area contributed by atoms with E-state index >= 15 is 0 Å². The van der Waals surface area contributed by atoms with Crippen molar-refractivity contribution in [2.45, 2.75) is 13.0 Å². The number of aromatic amines is 1. The van der Waals surface area contributed by atoms with E-state index < -0.39 is 0 Å². The molecular formula is C16H20N4O2. The zero-order valence-corrected chi connectivity index (χ0v) is 12.6. The van der Waals surface area contributed by atoms with E-state index in [1.54, 1.807) is 11.9 Å². The molecule has 2 N–H and O–H groups in total. The maximum absolute atomic E-state index is 12.5. The molecule has 0 unspecified atom stereocenters. The molecule has 0 saturated carbocycles. The Kier molecular flexibility index (Phi) is 4.39. The van der Waals surface area contributed by atoms with E-state index in [4.69, 9.17) is 4.74 Å². The summed E-state index contributed by atoms with van der Waals surface area (Å²) in [5, 5.41) is 10.4. The molecule has 2 heterocycles. The number of rotatable bonds is 5. The zero-order valence-electron chi connectivity index (χ0n) is 12.6. The Morgan fingerprint density at radius 1 is 1.36 bits per heavy atom. The van der Waals surface area contributed by atoms with E-state index in [-0.39, 0.29) is 5.91 Å². The number of likely N-dealkylation sites (N-methyl/N-ethyl adjacent to an activating group) is 1. The molecular weight excluding hydrogens is 280 g/mol. The van der Waals surface area contributed by atoms with Crippen molar-refractivity contribution in [3.63, 3.8) is 0 Å². The molecule has 6 nitrogen and oxygen atoms in total. The summed E-state index contributed by atoms with van der Waals surface area (Å²) in [5.41, 5.74) is 2.60. The van der Waals surface area contributed by atoms with Crippen LogP contribution in [-0.2, 0) is 13.0 Å². The summed E-state index contributed by atoms with van der Waals surface area (Å²) in [5.74, 6) is 0.752. The Hall–Kier alpha value is -2.34. The molecule has 22 heavy (non-hydrogen) atoms. The molecule has 0 fully saturated rings. The Morgan fingerprint density at radius 3 is 3.00 bits per heavy atom. The summed E-state index contributed by atoms with van der Waals surface area (Å²) in [6.45, 7) is 2.61. The van der Waals surface area contributed by atoms with Crippen molar-refractivity contribution >= 4 is 5.91 Å². The van der Waals surface area contributed by atoms with Gasteiger partial charge in [0.25, 0.3) is 5.91 Å². The average Bonchev–Trinajstić information content (AvgIpc) is 2.99. The number of amides is 1. The summed E-state index contributed by atoms with van der Waals surface area (Å²) in [7, 11) is 1.78. The molecule has 0 bridgehead atoms. The normalized spacial score (nSPS) is 13.5. The number of aromatic nitrogens is 2. The number of para-hydroxylation sites is 1. The van der Waals surface area contributed by atoms with Crippen molar-refractivity contribution in [1.82, 2.24) is 20.4 Å². The predicted octanol–water partition coefficient (Wildman–Crippen LogP) is 1.21. The minimum Gasteiger partial charge on any atom is -0.492 e. The maximum atomic E-state index is 12.5. The van der Waals surface area contributed by atoms with Gasteiger partial charge in [0.15, 0.2) is 5.69 Å². The number of H-pyrrole nitrogens is 1. The van der Waals surface area contributed by atoms with Crippen molar-refractivity contribution < 1.29 is 9.53 Å². The van der Waals surface area contributed by atoms with Crippen LogP contribution in [0.5, 0.6) is 5.75 Å². The van der Waals surface area contributed by atoms with Crippen LogP contribution in [-0.4, -0.2) is 47.7 Å². The van der Waals surface area contributed by atoms with Gasteiger partial charge in [-0.05, 0) is 25.1 Å². The van der Waals surface area contributed by atoms with Gasteiger partial charge in [0.2, 0.25) is 0 Å². The van der Waals surface area contributed by atoms with Crippen molar-refractivity contribution in [3.8, 4) is 5.75 Å². The van der Waals surface area contributed by atoms with Crippen molar-refractivity contribution in [2.24, 2.45) is 0 Å². The van der Waals surface area contributed by atoms with Gasteiger partial charge in [-0.15, -0.1) is 0 Å². The predicted molar refractivity (Wildman–Crippen MR) is 82.9 cm³/mol. The number of ether oxygens (including phenoxy) is 1. The SMILES string of the molecule is CN(CCOc1ccccc1)C(=O)c1n[nH]c2c1CCNC2. The number of carbonyl (C=O) groups is 1. The Balaban J connectivity index is 1.57. The molecule has 1 amide bonds. The number of benzene rings is 1. The van der Waals surface area contributed by atoms with Crippen LogP contribution in [0.2, 0.25) is 0 Å². The molecule has 116 valence electrons. The van der Waals surface area contributed by atoms with Gasteiger partial charge in [-0.1, -0.05) is 18.2 Å². The van der Waals surface area contributed by atoms with Crippen LogP contribution in [0, 0.1) is 0 Å².